The summed E-state index contributed by atoms with van der Waals surface area (Å²) in [6.07, 6.45) is 8.42. The molecule has 0 aromatic carbocycles. The summed E-state index contributed by atoms with van der Waals surface area (Å²) in [5.74, 6) is -2.51. The lowest BCUT2D eigenvalue weighted by molar-refractivity contribution is -0.139. The van der Waals surface area contributed by atoms with Gasteiger partial charge in [-0.25, -0.2) is 29.4 Å². The molecule has 3 aliphatic heterocycles. The summed E-state index contributed by atoms with van der Waals surface area (Å²) >= 11 is -3.41. The fraction of sp³-hybridized carbons (Fsp3) is 0. The van der Waals surface area contributed by atoms with Crippen LogP contribution in [-0.4, -0.2) is 50.2 Å². The highest BCUT2D eigenvalue weighted by atomic mass is 27.3. The van der Waals surface area contributed by atoms with E-state index < -0.39 is 33.1 Å². The Bertz CT molecular complexity index is 646. The molecule has 3 rings (SSSR count). The van der Waals surface area contributed by atoms with Crippen molar-refractivity contribution in [3.05, 3.63) is 36.8 Å². The molecule has 0 spiro atoms. The van der Waals surface area contributed by atoms with Gasteiger partial charge in [0.1, 0.15) is 17.1 Å². The fourth-order valence-corrected chi connectivity index (χ4v) is 2.36. The van der Waals surface area contributed by atoms with Gasteiger partial charge in [0, 0.05) is 18.6 Å². The molecule has 3 heterocycles. The summed E-state index contributed by atoms with van der Waals surface area (Å²) in [6, 6.07) is 0. The summed E-state index contributed by atoms with van der Waals surface area (Å²) in [7, 11) is 0. The van der Waals surface area contributed by atoms with E-state index in [2.05, 4.69) is 15.0 Å². The van der Waals surface area contributed by atoms with E-state index in [4.69, 9.17) is 11.4 Å². The van der Waals surface area contributed by atoms with Gasteiger partial charge in [-0.1, -0.05) is 0 Å². The lowest BCUT2D eigenvalue weighted by Gasteiger charge is -2.15. The van der Waals surface area contributed by atoms with Crippen molar-refractivity contribution in [3.8, 4) is 0 Å². The molecule has 0 amide bonds. The van der Waals surface area contributed by atoms with Gasteiger partial charge >= 0.3 is 33.1 Å². The minimum absolute atomic E-state index is 0.0476. The molecule has 0 bridgehead atoms. The highest BCUT2D eigenvalue weighted by Gasteiger charge is 2.51. The molecular weight excluding hydrogens is 309 g/mol. The first kappa shape index (κ1) is 14.1. The summed E-state index contributed by atoms with van der Waals surface area (Å²) in [6.45, 7) is 0. The van der Waals surface area contributed by atoms with Gasteiger partial charge < -0.3 is 11.4 Å². The Balaban J connectivity index is 1.62. The monoisotopic (exact) mass is 315 g/mol. The average Bonchev–Trinajstić information content (AvgIpc) is 2.19. The molecular formula is C12H6AlN3O6. The predicted molar refractivity (Wildman–Crippen MR) is 73.8 cm³/mol. The second-order valence-electron chi connectivity index (χ2n) is 3.99. The summed E-state index contributed by atoms with van der Waals surface area (Å²) in [5, 5.41) is 0. The number of hydrogen-bond acceptors (Lipinski definition) is 9. The van der Waals surface area contributed by atoms with Crippen molar-refractivity contribution in [2.45, 2.75) is 0 Å². The number of aliphatic imine (C=N–C) groups is 3. The van der Waals surface area contributed by atoms with Crippen LogP contribution in [0.5, 0.6) is 0 Å². The second kappa shape index (κ2) is 5.89. The van der Waals surface area contributed by atoms with Crippen LogP contribution in [0.1, 0.15) is 0 Å². The van der Waals surface area contributed by atoms with E-state index in [-0.39, 0.29) is 17.1 Å². The molecule has 22 heavy (non-hydrogen) atoms. The number of hydrogen-bond donors (Lipinski definition) is 0. The van der Waals surface area contributed by atoms with E-state index in [1.807, 2.05) is 0 Å². The molecule has 0 aromatic rings. The molecule has 3 aliphatic rings. The van der Waals surface area contributed by atoms with Gasteiger partial charge in [-0.2, -0.15) is 0 Å². The number of carbonyl (C=O) groups excluding carboxylic acids is 3. The Hall–Kier alpha value is -2.83. The molecule has 0 fully saturated rings. The van der Waals surface area contributed by atoms with Crippen LogP contribution in [0.2, 0.25) is 0 Å². The molecule has 0 atom stereocenters. The molecule has 9 nitrogen and oxygen atoms in total. The normalized spacial score (nSPS) is 16.1. The molecule has 0 aromatic heterocycles. The van der Waals surface area contributed by atoms with Crippen LogP contribution in [0.15, 0.2) is 51.8 Å². The maximum atomic E-state index is 11.7. The number of nitrogens with zero attached hydrogens (tertiary/aromatic N) is 3. The lowest BCUT2D eigenvalue weighted by Crippen LogP contribution is -2.40. The van der Waals surface area contributed by atoms with E-state index >= 15 is 0 Å². The summed E-state index contributed by atoms with van der Waals surface area (Å²) in [4.78, 5) is 45.9. The number of rotatable bonds is 6. The Morgan fingerprint density at radius 1 is 0.682 bits per heavy atom. The highest BCUT2D eigenvalue weighted by molar-refractivity contribution is 6.58. The topological polar surface area (TPSA) is 116 Å². The minimum atomic E-state index is -3.41. The zero-order valence-corrected chi connectivity index (χ0v) is 12.0. The molecule has 10 heteroatoms. The lowest BCUT2D eigenvalue weighted by atomic mass is 10.3. The SMILES string of the molecule is O=C([O][Al]([O]C(=O)C1=NC=C1)[O]C(=O)C1=NC=C1)C1=NC=C1. The van der Waals surface area contributed by atoms with Crippen LogP contribution in [0.25, 0.3) is 0 Å². The maximum Gasteiger partial charge on any atom is 1.20 e. The van der Waals surface area contributed by atoms with E-state index in [1.165, 1.54) is 36.8 Å². The first-order chi connectivity index (χ1) is 10.6. The van der Waals surface area contributed by atoms with Crippen molar-refractivity contribution in [2.75, 3.05) is 0 Å². The second-order valence-corrected chi connectivity index (χ2v) is 5.28. The van der Waals surface area contributed by atoms with Gasteiger partial charge in [0.25, 0.3) is 0 Å². The zero-order chi connectivity index (χ0) is 15.5. The van der Waals surface area contributed by atoms with Crippen LogP contribution in [0.4, 0.5) is 0 Å². The van der Waals surface area contributed by atoms with Gasteiger partial charge in [0.15, 0.2) is 0 Å². The van der Waals surface area contributed by atoms with Gasteiger partial charge in [-0.3, -0.25) is 0 Å². The fourth-order valence-electron chi connectivity index (χ4n) is 1.32. The molecule has 108 valence electrons. The molecule has 0 N–H and O–H groups in total. The Morgan fingerprint density at radius 2 is 0.955 bits per heavy atom. The first-order valence-corrected chi connectivity index (χ1v) is 7.41. The smallest absolute Gasteiger partial charge is 0.546 e. The third-order valence-electron chi connectivity index (χ3n) is 2.58. The van der Waals surface area contributed by atoms with Crippen LogP contribution >= 0.6 is 0 Å². The molecule has 0 unspecified atom stereocenters. The van der Waals surface area contributed by atoms with Crippen LogP contribution in [0, 0.1) is 0 Å². The maximum absolute atomic E-state index is 11.7. The van der Waals surface area contributed by atoms with Crippen molar-refractivity contribution in [2.24, 2.45) is 15.0 Å². The van der Waals surface area contributed by atoms with Crippen LogP contribution in [-0.2, 0) is 25.7 Å². The van der Waals surface area contributed by atoms with E-state index in [0.717, 1.165) is 0 Å². The standard InChI is InChI=1S/3C4H3NO2.Al/c3*6-4(7)3-1-2-5-3;/h3*1-2H,(H,6,7);/q;;;+3/p-3. The number of carbonyl (C=O) groups is 3. The van der Waals surface area contributed by atoms with Crippen molar-refractivity contribution in [1.82, 2.24) is 0 Å². The van der Waals surface area contributed by atoms with Gasteiger partial charge in [0.2, 0.25) is 0 Å². The van der Waals surface area contributed by atoms with Crippen molar-refractivity contribution in [3.63, 3.8) is 0 Å². The molecule has 0 saturated carbocycles. The highest BCUT2D eigenvalue weighted by Crippen LogP contribution is 2.07. The van der Waals surface area contributed by atoms with Crippen molar-refractivity contribution in [1.29, 1.82) is 0 Å². The summed E-state index contributed by atoms with van der Waals surface area (Å²) < 4.78 is 14.7. The average molecular weight is 315 g/mol. The van der Waals surface area contributed by atoms with Crippen molar-refractivity contribution >= 4 is 50.2 Å². The van der Waals surface area contributed by atoms with E-state index in [9.17, 15) is 14.4 Å². The molecule has 0 saturated heterocycles. The predicted octanol–water partition coefficient (Wildman–Crippen LogP) is -0.494. The quantitative estimate of drug-likeness (QED) is 0.610. The van der Waals surface area contributed by atoms with Crippen molar-refractivity contribution < 1.29 is 25.7 Å². The zero-order valence-electron chi connectivity index (χ0n) is 10.8. The molecule has 0 aliphatic carbocycles. The Kier molecular flexibility index (Phi) is 3.78. The van der Waals surface area contributed by atoms with Crippen LogP contribution < -0.4 is 0 Å². The van der Waals surface area contributed by atoms with E-state index in [0.29, 0.717) is 0 Å². The van der Waals surface area contributed by atoms with Gasteiger partial charge in [0.05, 0.1) is 0 Å². The van der Waals surface area contributed by atoms with Gasteiger partial charge in [-0.05, 0) is 18.2 Å². The minimum Gasteiger partial charge on any atom is -0.546 e. The largest absolute Gasteiger partial charge is 1.20 e. The third kappa shape index (κ3) is 2.93. The van der Waals surface area contributed by atoms with Crippen LogP contribution in [0.3, 0.4) is 0 Å². The van der Waals surface area contributed by atoms with Gasteiger partial charge in [-0.15, -0.1) is 0 Å². The van der Waals surface area contributed by atoms with E-state index in [1.54, 1.807) is 0 Å². The Morgan fingerprint density at radius 3 is 1.14 bits per heavy atom. The Labute approximate surface area is 128 Å². The first-order valence-electron chi connectivity index (χ1n) is 5.99. The summed E-state index contributed by atoms with van der Waals surface area (Å²) in [5.41, 5.74) is 0.143. The third-order valence-corrected chi connectivity index (χ3v) is 3.79. The molecule has 0 radical (unpaired) electrons.